The van der Waals surface area contributed by atoms with Crippen molar-refractivity contribution < 1.29 is 51.6 Å². The maximum atomic E-state index is 13.7. The summed E-state index contributed by atoms with van der Waals surface area (Å²) in [5, 5.41) is 14.5. The van der Waals surface area contributed by atoms with Gasteiger partial charge in [0.2, 0.25) is 0 Å². The molecule has 1 aromatic heterocycles. The Labute approximate surface area is 359 Å². The number of benzene rings is 3. The molecule has 0 spiro atoms. The molecule has 3 N–H and O–H groups in total. The number of alkyl halides is 3. The number of aliphatic hydroxyl groups excluding tert-OH is 1. The van der Waals surface area contributed by atoms with Crippen LogP contribution in [0.15, 0.2) is 85.1 Å². The van der Waals surface area contributed by atoms with Crippen LogP contribution in [0.5, 0.6) is 0 Å². The van der Waals surface area contributed by atoms with Gasteiger partial charge in [0.05, 0.1) is 63.2 Å². The lowest BCUT2D eigenvalue weighted by Crippen LogP contribution is -2.49. The van der Waals surface area contributed by atoms with E-state index in [4.69, 9.17) is 24.1 Å². The molecule has 14 nitrogen and oxygen atoms in total. The van der Waals surface area contributed by atoms with E-state index < -0.39 is 17.6 Å². The van der Waals surface area contributed by atoms with Crippen molar-refractivity contribution in [2.24, 2.45) is 0 Å². The van der Waals surface area contributed by atoms with Gasteiger partial charge >= 0.3 is 12.3 Å². The number of aromatic nitrogens is 1. The molecule has 17 heteroatoms. The molecule has 0 bridgehead atoms. The van der Waals surface area contributed by atoms with Gasteiger partial charge in [-0.2, -0.15) is 13.2 Å². The number of hydrogen-bond acceptors (Lipinski definition) is 11. The molecular formula is C45H55F3N6O8. The lowest BCUT2D eigenvalue weighted by Gasteiger charge is -2.33. The van der Waals surface area contributed by atoms with Crippen LogP contribution < -0.4 is 15.5 Å². The summed E-state index contributed by atoms with van der Waals surface area (Å²) in [6.45, 7) is 10.7. The van der Waals surface area contributed by atoms with E-state index in [0.717, 1.165) is 56.1 Å². The Balaban J connectivity index is 1.11. The number of carbonyl (C=O) groups is 3. The summed E-state index contributed by atoms with van der Waals surface area (Å²) in [7, 11) is 0. The van der Waals surface area contributed by atoms with Gasteiger partial charge in [-0.25, -0.2) is 4.79 Å². The van der Waals surface area contributed by atoms with Crippen LogP contribution in [-0.4, -0.2) is 130 Å². The summed E-state index contributed by atoms with van der Waals surface area (Å²) < 4.78 is 61.7. The van der Waals surface area contributed by atoms with E-state index in [9.17, 15) is 27.6 Å². The highest BCUT2D eigenvalue weighted by Crippen LogP contribution is 2.33. The van der Waals surface area contributed by atoms with Crippen molar-refractivity contribution in [3.05, 3.63) is 113 Å². The second-order valence-electron chi connectivity index (χ2n) is 14.3. The lowest BCUT2D eigenvalue weighted by molar-refractivity contribution is -0.137. The van der Waals surface area contributed by atoms with Crippen molar-refractivity contribution >= 4 is 29.3 Å². The zero-order valence-electron chi connectivity index (χ0n) is 35.1. The summed E-state index contributed by atoms with van der Waals surface area (Å²) in [6.07, 6.45) is -3.40. The molecule has 0 atom stereocenters. The SMILES string of the molecule is CCN(CC)c1ccc(NC(=O)c2cccc(COCCOCCOC(=O)N3CCN(CCOCCO)CC3)c2)c(-c2cc(C(=O)NCc3cccc(C(F)(F)F)c3)ccn2)c1. The number of nitrogens with zero attached hydrogens (tertiary/aromatic N) is 4. The first-order valence-electron chi connectivity index (χ1n) is 20.7. The first-order valence-corrected chi connectivity index (χ1v) is 20.7. The van der Waals surface area contributed by atoms with Gasteiger partial charge < -0.3 is 44.5 Å². The van der Waals surface area contributed by atoms with E-state index in [0.29, 0.717) is 54.4 Å². The zero-order chi connectivity index (χ0) is 44.3. The highest BCUT2D eigenvalue weighted by Gasteiger charge is 2.30. The fourth-order valence-electron chi connectivity index (χ4n) is 6.70. The fraction of sp³-hybridized carbons (Fsp3) is 0.422. The maximum Gasteiger partial charge on any atom is 0.416 e. The molecule has 4 aromatic rings. The topological polar surface area (TPSA) is 155 Å². The number of ether oxygens (including phenoxy) is 4. The van der Waals surface area contributed by atoms with E-state index in [2.05, 4.69) is 25.4 Å². The Morgan fingerprint density at radius 3 is 2.24 bits per heavy atom. The number of nitrogens with one attached hydrogen (secondary N) is 2. The summed E-state index contributed by atoms with van der Waals surface area (Å²) in [4.78, 5) is 49.8. The monoisotopic (exact) mass is 864 g/mol. The van der Waals surface area contributed by atoms with Gasteiger partial charge in [0.1, 0.15) is 6.61 Å². The normalized spacial score (nSPS) is 13.2. The Kier molecular flexibility index (Phi) is 18.5. The second kappa shape index (κ2) is 24.2. The first kappa shape index (κ1) is 47.5. The first-order chi connectivity index (χ1) is 30.0. The van der Waals surface area contributed by atoms with Gasteiger partial charge in [-0.1, -0.05) is 24.3 Å². The van der Waals surface area contributed by atoms with Gasteiger partial charge in [0, 0.05) is 80.9 Å². The lowest BCUT2D eigenvalue weighted by atomic mass is 10.0. The van der Waals surface area contributed by atoms with Gasteiger partial charge in [-0.3, -0.25) is 19.5 Å². The number of aliphatic hydroxyl groups is 1. The average Bonchev–Trinajstić information content (AvgIpc) is 3.28. The van der Waals surface area contributed by atoms with Crippen LogP contribution in [0, 0.1) is 0 Å². The molecule has 3 amide bonds. The van der Waals surface area contributed by atoms with E-state index in [1.165, 1.54) is 24.4 Å². The third-order valence-electron chi connectivity index (χ3n) is 10.1. The molecule has 1 fully saturated rings. The third kappa shape index (κ3) is 14.5. The van der Waals surface area contributed by atoms with Crippen LogP contribution >= 0.6 is 0 Å². The van der Waals surface area contributed by atoms with Crippen molar-refractivity contribution in [3.8, 4) is 11.3 Å². The number of carbonyl (C=O) groups excluding carboxylic acids is 3. The summed E-state index contributed by atoms with van der Waals surface area (Å²) in [5.41, 5.74) is 3.25. The summed E-state index contributed by atoms with van der Waals surface area (Å²) >= 11 is 0. The minimum absolute atomic E-state index is 0.000227. The molecule has 1 aliphatic rings. The highest BCUT2D eigenvalue weighted by atomic mass is 19.4. The fourth-order valence-corrected chi connectivity index (χ4v) is 6.70. The maximum absolute atomic E-state index is 13.7. The summed E-state index contributed by atoms with van der Waals surface area (Å²) in [6, 6.07) is 20.5. The number of amides is 3. The Morgan fingerprint density at radius 2 is 1.48 bits per heavy atom. The van der Waals surface area contributed by atoms with Crippen LogP contribution in [0.4, 0.5) is 29.3 Å². The van der Waals surface area contributed by atoms with Gasteiger partial charge in [-0.15, -0.1) is 0 Å². The molecule has 334 valence electrons. The number of rotatable bonds is 22. The number of piperazine rings is 1. The Hall–Kier alpha value is -5.59. The molecule has 0 radical (unpaired) electrons. The average molecular weight is 865 g/mol. The minimum atomic E-state index is -4.50. The number of pyridine rings is 1. The number of anilines is 2. The van der Waals surface area contributed by atoms with E-state index in [-0.39, 0.29) is 63.7 Å². The van der Waals surface area contributed by atoms with E-state index in [1.54, 1.807) is 35.2 Å². The van der Waals surface area contributed by atoms with Crippen molar-refractivity contribution in [2.45, 2.75) is 33.2 Å². The van der Waals surface area contributed by atoms with Crippen LogP contribution in [-0.2, 0) is 38.3 Å². The zero-order valence-corrected chi connectivity index (χ0v) is 35.1. The van der Waals surface area contributed by atoms with Crippen molar-refractivity contribution in [3.63, 3.8) is 0 Å². The van der Waals surface area contributed by atoms with Crippen LogP contribution in [0.25, 0.3) is 11.3 Å². The van der Waals surface area contributed by atoms with Gasteiger partial charge in [0.25, 0.3) is 11.8 Å². The second-order valence-corrected chi connectivity index (χ2v) is 14.3. The van der Waals surface area contributed by atoms with Gasteiger partial charge in [-0.05, 0) is 79.6 Å². The predicted octanol–water partition coefficient (Wildman–Crippen LogP) is 6.09. The molecule has 1 saturated heterocycles. The van der Waals surface area contributed by atoms with Gasteiger partial charge in [0.15, 0.2) is 0 Å². The van der Waals surface area contributed by atoms with E-state index in [1.807, 2.05) is 32.0 Å². The van der Waals surface area contributed by atoms with Crippen LogP contribution in [0.1, 0.15) is 51.3 Å². The standard InChI is InChI=1S/C45H55F3N6O8/c1-3-53(4-2)38-11-12-40(39(30-38)41-29-36(13-14-49-41)42(56)50-31-33-7-6-10-37(28-33)45(46,47)48)51-43(57)35-9-5-8-34(27-35)32-61-24-23-60-25-26-62-44(58)54-17-15-52(16-18-54)19-21-59-22-20-55/h5-14,27-30,55H,3-4,15-26,31-32H2,1-2H3,(H,50,56)(H,51,57). The molecule has 5 rings (SSSR count). The third-order valence-corrected chi connectivity index (χ3v) is 10.1. The largest absolute Gasteiger partial charge is 0.447 e. The molecular weight excluding hydrogens is 810 g/mol. The molecule has 62 heavy (non-hydrogen) atoms. The molecule has 0 aliphatic carbocycles. The van der Waals surface area contributed by atoms with Crippen LogP contribution in [0.2, 0.25) is 0 Å². The van der Waals surface area contributed by atoms with Crippen molar-refractivity contribution in [1.82, 2.24) is 20.1 Å². The smallest absolute Gasteiger partial charge is 0.416 e. The Bertz CT molecular complexity index is 2060. The summed E-state index contributed by atoms with van der Waals surface area (Å²) in [5.74, 6) is -0.870. The molecule has 0 saturated carbocycles. The van der Waals surface area contributed by atoms with Crippen LogP contribution in [0.3, 0.4) is 0 Å². The van der Waals surface area contributed by atoms with Crippen molar-refractivity contribution in [1.29, 1.82) is 0 Å². The number of halogens is 3. The molecule has 1 aliphatic heterocycles. The Morgan fingerprint density at radius 1 is 0.774 bits per heavy atom. The highest BCUT2D eigenvalue weighted by molar-refractivity contribution is 6.06. The van der Waals surface area contributed by atoms with Crippen molar-refractivity contribution in [2.75, 3.05) is 102 Å². The molecule has 3 aromatic carbocycles. The quantitative estimate of drug-likeness (QED) is 0.0787. The predicted molar refractivity (Wildman–Crippen MR) is 228 cm³/mol. The number of hydrogen-bond donors (Lipinski definition) is 3. The molecule has 2 heterocycles. The minimum Gasteiger partial charge on any atom is -0.447 e. The van der Waals surface area contributed by atoms with E-state index >= 15 is 0 Å². The molecule has 0 unspecified atom stereocenters.